The minimum atomic E-state index is 0.101. The van der Waals surface area contributed by atoms with Gasteiger partial charge in [-0.15, -0.1) is 0 Å². The molecule has 0 fully saturated rings. The average molecular weight is 270 g/mol. The quantitative estimate of drug-likeness (QED) is 0.665. The lowest BCUT2D eigenvalue weighted by atomic mass is 10.1. The monoisotopic (exact) mass is 270 g/mol. The predicted molar refractivity (Wildman–Crippen MR) is 86.3 cm³/mol. The molecule has 0 radical (unpaired) electrons. The van der Waals surface area contributed by atoms with Crippen LogP contribution in [0.4, 0.5) is 0 Å². The third-order valence-corrected chi connectivity index (χ3v) is 3.90. The van der Waals surface area contributed by atoms with Gasteiger partial charge in [0.25, 0.3) is 0 Å². The van der Waals surface area contributed by atoms with Crippen molar-refractivity contribution >= 4 is 26.0 Å². The zero-order valence-corrected chi connectivity index (χ0v) is 12.4. The standard InChI is InChI=1S/C17H19OP/c1-13-3-5-14(6-4-13)7-8-15-9-16(12-18)11-17(10-15)19-2/h3-11,18-19H,12H2,1-2H3/b8-7+. The molecule has 0 aromatic heterocycles. The highest BCUT2D eigenvalue weighted by atomic mass is 31.1. The molecule has 1 unspecified atom stereocenters. The second-order valence-corrected chi connectivity index (χ2v) is 5.69. The van der Waals surface area contributed by atoms with E-state index in [1.54, 1.807) is 0 Å². The van der Waals surface area contributed by atoms with E-state index in [-0.39, 0.29) is 6.61 Å². The molecule has 0 amide bonds. The van der Waals surface area contributed by atoms with Crippen molar-refractivity contribution in [3.63, 3.8) is 0 Å². The van der Waals surface area contributed by atoms with Gasteiger partial charge in [0.2, 0.25) is 0 Å². The van der Waals surface area contributed by atoms with Crippen molar-refractivity contribution in [2.45, 2.75) is 13.5 Å². The van der Waals surface area contributed by atoms with Gasteiger partial charge in [0, 0.05) is 0 Å². The summed E-state index contributed by atoms with van der Waals surface area (Å²) in [4.78, 5) is 0. The normalized spacial score (nSPS) is 11.7. The minimum Gasteiger partial charge on any atom is -0.392 e. The van der Waals surface area contributed by atoms with E-state index >= 15 is 0 Å². The number of aliphatic hydroxyl groups is 1. The van der Waals surface area contributed by atoms with E-state index in [0.717, 1.165) is 19.7 Å². The molecule has 98 valence electrons. The first kappa shape index (κ1) is 14.0. The molecule has 1 nitrogen and oxygen atoms in total. The summed E-state index contributed by atoms with van der Waals surface area (Å²) in [6.45, 7) is 4.35. The smallest absolute Gasteiger partial charge is 0.0682 e. The summed E-state index contributed by atoms with van der Waals surface area (Å²) in [5.74, 6) is 0. The molecule has 0 spiro atoms. The summed E-state index contributed by atoms with van der Waals surface area (Å²) in [5.41, 5.74) is 4.60. The summed E-state index contributed by atoms with van der Waals surface area (Å²) < 4.78 is 0. The maximum absolute atomic E-state index is 9.28. The molecule has 0 aliphatic carbocycles. The first-order chi connectivity index (χ1) is 9.21. The second-order valence-electron chi connectivity index (χ2n) is 4.62. The Labute approximate surface area is 116 Å². The molecular formula is C17H19OP. The van der Waals surface area contributed by atoms with Crippen molar-refractivity contribution in [1.29, 1.82) is 0 Å². The van der Waals surface area contributed by atoms with E-state index in [1.807, 2.05) is 6.07 Å². The van der Waals surface area contributed by atoms with Crippen LogP contribution in [-0.4, -0.2) is 11.8 Å². The van der Waals surface area contributed by atoms with Crippen LogP contribution in [0.25, 0.3) is 12.2 Å². The minimum absolute atomic E-state index is 0.101. The molecule has 2 rings (SSSR count). The molecule has 0 bridgehead atoms. The van der Waals surface area contributed by atoms with Crippen molar-refractivity contribution in [2.24, 2.45) is 0 Å². The largest absolute Gasteiger partial charge is 0.392 e. The van der Waals surface area contributed by atoms with E-state index in [1.165, 1.54) is 16.4 Å². The molecule has 19 heavy (non-hydrogen) atoms. The van der Waals surface area contributed by atoms with E-state index < -0.39 is 0 Å². The summed E-state index contributed by atoms with van der Waals surface area (Å²) in [6.07, 6.45) is 4.21. The summed E-state index contributed by atoms with van der Waals surface area (Å²) in [7, 11) is 0.750. The van der Waals surface area contributed by atoms with Crippen molar-refractivity contribution in [3.8, 4) is 0 Å². The number of aliphatic hydroxyl groups excluding tert-OH is 1. The van der Waals surface area contributed by atoms with Crippen molar-refractivity contribution < 1.29 is 5.11 Å². The van der Waals surface area contributed by atoms with Crippen LogP contribution in [0.2, 0.25) is 0 Å². The first-order valence-electron chi connectivity index (χ1n) is 6.38. The summed E-state index contributed by atoms with van der Waals surface area (Å²) in [5, 5.41) is 10.6. The van der Waals surface area contributed by atoms with E-state index in [9.17, 15) is 5.11 Å². The van der Waals surface area contributed by atoms with Crippen LogP contribution < -0.4 is 5.30 Å². The molecular weight excluding hydrogens is 251 g/mol. The Morgan fingerprint density at radius 1 is 1.00 bits per heavy atom. The van der Waals surface area contributed by atoms with Crippen LogP contribution in [0.3, 0.4) is 0 Å². The molecule has 1 N–H and O–H groups in total. The van der Waals surface area contributed by atoms with Gasteiger partial charge in [-0.3, -0.25) is 0 Å². The Morgan fingerprint density at radius 2 is 1.68 bits per heavy atom. The van der Waals surface area contributed by atoms with Crippen LogP contribution >= 0.6 is 8.58 Å². The summed E-state index contributed by atoms with van der Waals surface area (Å²) in [6, 6.07) is 14.7. The van der Waals surface area contributed by atoms with Crippen LogP contribution in [0.1, 0.15) is 22.3 Å². The number of rotatable bonds is 4. The number of hydrogen-bond donors (Lipinski definition) is 1. The predicted octanol–water partition coefficient (Wildman–Crippen LogP) is 3.59. The Balaban J connectivity index is 2.24. The lowest BCUT2D eigenvalue weighted by Crippen LogP contribution is -1.98. The van der Waals surface area contributed by atoms with E-state index in [2.05, 4.69) is 62.1 Å². The highest BCUT2D eigenvalue weighted by molar-refractivity contribution is 7.46. The number of hydrogen-bond acceptors (Lipinski definition) is 1. The molecule has 0 heterocycles. The van der Waals surface area contributed by atoms with Gasteiger partial charge in [0.1, 0.15) is 0 Å². The van der Waals surface area contributed by atoms with E-state index in [4.69, 9.17) is 0 Å². The van der Waals surface area contributed by atoms with Gasteiger partial charge < -0.3 is 5.11 Å². The number of benzene rings is 2. The molecule has 0 saturated heterocycles. The van der Waals surface area contributed by atoms with Gasteiger partial charge >= 0.3 is 0 Å². The third kappa shape index (κ3) is 4.02. The fourth-order valence-electron chi connectivity index (χ4n) is 1.92. The zero-order valence-electron chi connectivity index (χ0n) is 11.4. The fraction of sp³-hybridized carbons (Fsp3) is 0.176. The Hall–Kier alpha value is -1.43. The molecule has 0 aliphatic rings. The third-order valence-electron chi connectivity index (χ3n) is 3.03. The maximum atomic E-state index is 9.28. The molecule has 2 aromatic carbocycles. The highest BCUT2D eigenvalue weighted by Crippen LogP contribution is 2.14. The Kier molecular flexibility index (Phi) is 4.90. The van der Waals surface area contributed by atoms with E-state index in [0.29, 0.717) is 0 Å². The first-order valence-corrected chi connectivity index (χ1v) is 7.88. The zero-order chi connectivity index (χ0) is 13.7. The Bertz CT molecular complexity index is 548. The van der Waals surface area contributed by atoms with Crippen LogP contribution in [-0.2, 0) is 6.61 Å². The van der Waals surface area contributed by atoms with Gasteiger partial charge in [-0.25, -0.2) is 0 Å². The van der Waals surface area contributed by atoms with Gasteiger partial charge in [-0.05, 0) is 53.8 Å². The SMILES string of the molecule is CPc1cc(/C=C/c2ccc(C)cc2)cc(CO)c1. The van der Waals surface area contributed by atoms with Crippen molar-refractivity contribution in [2.75, 3.05) is 6.66 Å². The molecule has 0 saturated carbocycles. The summed E-state index contributed by atoms with van der Waals surface area (Å²) >= 11 is 0. The van der Waals surface area contributed by atoms with Crippen LogP contribution in [0.5, 0.6) is 0 Å². The fourth-order valence-corrected chi connectivity index (χ4v) is 2.56. The maximum Gasteiger partial charge on any atom is 0.0682 e. The van der Waals surface area contributed by atoms with Crippen LogP contribution in [0, 0.1) is 6.92 Å². The molecule has 0 aliphatic heterocycles. The van der Waals surface area contributed by atoms with Gasteiger partial charge in [-0.1, -0.05) is 50.6 Å². The average Bonchev–Trinajstić information content (AvgIpc) is 2.46. The topological polar surface area (TPSA) is 20.2 Å². The van der Waals surface area contributed by atoms with Gasteiger partial charge in [0.05, 0.1) is 6.61 Å². The van der Waals surface area contributed by atoms with Gasteiger partial charge in [0.15, 0.2) is 0 Å². The van der Waals surface area contributed by atoms with Gasteiger partial charge in [-0.2, -0.15) is 0 Å². The molecule has 2 aromatic rings. The lowest BCUT2D eigenvalue weighted by Gasteiger charge is -2.04. The second kappa shape index (κ2) is 6.65. The number of aryl methyl sites for hydroxylation is 1. The van der Waals surface area contributed by atoms with Crippen LogP contribution in [0.15, 0.2) is 42.5 Å². The molecule has 1 atom stereocenters. The van der Waals surface area contributed by atoms with Crippen molar-refractivity contribution in [3.05, 3.63) is 64.7 Å². The molecule has 2 heteroatoms. The Morgan fingerprint density at radius 3 is 2.32 bits per heavy atom. The lowest BCUT2D eigenvalue weighted by molar-refractivity contribution is 0.282. The van der Waals surface area contributed by atoms with Crippen molar-refractivity contribution in [1.82, 2.24) is 0 Å². The highest BCUT2D eigenvalue weighted by Gasteiger charge is 1.97.